The molecule has 0 bridgehead atoms. The average molecular weight is 722 g/mol. The van der Waals surface area contributed by atoms with Gasteiger partial charge in [0.15, 0.2) is 5.78 Å². The number of carbonyl (C=O) groups is 3. The number of carboxylic acids is 1. The lowest BCUT2D eigenvalue weighted by Gasteiger charge is -2.72. The fourth-order valence-corrected chi connectivity index (χ4v) is 13.1. The molecule has 7 heteroatoms. The van der Waals surface area contributed by atoms with Gasteiger partial charge in [0.1, 0.15) is 6.10 Å². The molecule has 0 spiro atoms. The van der Waals surface area contributed by atoms with Crippen molar-refractivity contribution < 1.29 is 24.2 Å². The van der Waals surface area contributed by atoms with Crippen LogP contribution in [0.5, 0.6) is 0 Å². The van der Waals surface area contributed by atoms with Gasteiger partial charge in [0.05, 0.1) is 11.8 Å². The Labute approximate surface area is 312 Å². The number of halogens is 1. The number of nitrogens with one attached hydrogen (secondary N) is 1. The van der Waals surface area contributed by atoms with Crippen LogP contribution in [-0.4, -0.2) is 42.0 Å². The third-order valence-corrected chi connectivity index (χ3v) is 16.2. The van der Waals surface area contributed by atoms with Crippen molar-refractivity contribution in [2.45, 2.75) is 139 Å². The first kappa shape index (κ1) is 38.5. The summed E-state index contributed by atoms with van der Waals surface area (Å²) in [6.07, 6.45) is 9.83. The van der Waals surface area contributed by atoms with Crippen molar-refractivity contribution >= 4 is 29.3 Å². The minimum Gasteiger partial charge on any atom is -0.481 e. The van der Waals surface area contributed by atoms with E-state index in [0.717, 1.165) is 75.1 Å². The third kappa shape index (κ3) is 6.24. The number of ketones is 1. The first-order valence-electron chi connectivity index (χ1n) is 19.9. The predicted molar refractivity (Wildman–Crippen MR) is 203 cm³/mol. The van der Waals surface area contributed by atoms with E-state index in [1.165, 1.54) is 17.6 Å². The molecule has 0 aliphatic heterocycles. The highest BCUT2D eigenvalue weighted by molar-refractivity contribution is 6.30. The lowest BCUT2D eigenvalue weighted by molar-refractivity contribution is -0.233. The number of carbonyl (C=O) groups excluding carboxylic acids is 2. The molecule has 0 amide bonds. The third-order valence-electron chi connectivity index (χ3n) is 15.9. The van der Waals surface area contributed by atoms with E-state index in [-0.39, 0.29) is 45.5 Å². The normalized spacial score (nSPS) is 37.4. The van der Waals surface area contributed by atoms with Crippen LogP contribution in [0.25, 0.3) is 0 Å². The molecule has 0 heterocycles. The van der Waals surface area contributed by atoms with Crippen LogP contribution in [0.3, 0.4) is 0 Å². The molecule has 8 atom stereocenters. The molecule has 1 aromatic rings. The summed E-state index contributed by atoms with van der Waals surface area (Å²) < 4.78 is 6.17. The van der Waals surface area contributed by atoms with Gasteiger partial charge in [-0.05, 0) is 141 Å². The molecule has 0 saturated heterocycles. The molecule has 5 aliphatic rings. The summed E-state index contributed by atoms with van der Waals surface area (Å²) in [5.41, 5.74) is 2.84. The maximum absolute atomic E-state index is 14.0. The second-order valence-corrected chi connectivity index (χ2v) is 20.2. The number of Topliss-reactive ketones (excluding diaryl/α,β-unsaturated/α-hetero) is 1. The van der Waals surface area contributed by atoms with Crippen LogP contribution in [0.15, 0.2) is 35.4 Å². The van der Waals surface area contributed by atoms with Crippen molar-refractivity contribution in [2.75, 3.05) is 13.1 Å². The molecule has 0 radical (unpaired) electrons. The molecular formula is C44H64ClNO5. The zero-order valence-electron chi connectivity index (χ0n) is 32.8. The summed E-state index contributed by atoms with van der Waals surface area (Å²) >= 11 is 6.12. The van der Waals surface area contributed by atoms with Crippen molar-refractivity contribution in [2.24, 2.45) is 56.2 Å². The Balaban J connectivity index is 1.24. The number of allylic oxidation sites excluding steroid dienone is 1. The van der Waals surface area contributed by atoms with Gasteiger partial charge in [-0.15, -0.1) is 0 Å². The number of aliphatic carboxylic acids is 1. The number of carboxylic acid groups (broad SMARTS) is 1. The van der Waals surface area contributed by atoms with Crippen LogP contribution in [0.1, 0.15) is 132 Å². The van der Waals surface area contributed by atoms with E-state index in [0.29, 0.717) is 30.0 Å². The Bertz CT molecular complexity index is 1580. The van der Waals surface area contributed by atoms with E-state index in [9.17, 15) is 19.5 Å². The van der Waals surface area contributed by atoms with Crippen molar-refractivity contribution in [1.82, 2.24) is 5.32 Å². The summed E-state index contributed by atoms with van der Waals surface area (Å²) in [5.74, 6) is 0.609. The molecule has 4 saturated carbocycles. The van der Waals surface area contributed by atoms with Gasteiger partial charge in [-0.25, -0.2) is 0 Å². The molecule has 282 valence electrons. The lowest BCUT2D eigenvalue weighted by atomic mass is 9.33. The second-order valence-electron chi connectivity index (χ2n) is 19.7. The largest absolute Gasteiger partial charge is 0.481 e. The van der Waals surface area contributed by atoms with Crippen molar-refractivity contribution in [3.63, 3.8) is 0 Å². The Hall–Kier alpha value is -2.18. The summed E-state index contributed by atoms with van der Waals surface area (Å²) in [7, 11) is 0. The zero-order chi connectivity index (χ0) is 37.4. The minimum atomic E-state index is -1.15. The Morgan fingerprint density at radius 3 is 2.27 bits per heavy atom. The van der Waals surface area contributed by atoms with Crippen molar-refractivity contribution in [3.8, 4) is 0 Å². The fourth-order valence-electron chi connectivity index (χ4n) is 13.0. The van der Waals surface area contributed by atoms with Crippen LogP contribution in [0.4, 0.5) is 0 Å². The average Bonchev–Trinajstić information content (AvgIpc) is 3.34. The van der Waals surface area contributed by atoms with Crippen LogP contribution in [0, 0.1) is 56.2 Å². The molecule has 6 rings (SSSR count). The number of rotatable bonds is 10. The van der Waals surface area contributed by atoms with Gasteiger partial charge in [-0.1, -0.05) is 77.8 Å². The number of ether oxygens (including phenoxy) is 1. The zero-order valence-corrected chi connectivity index (χ0v) is 33.6. The number of fused-ring (bicyclic) bond motifs is 7. The van der Waals surface area contributed by atoms with Gasteiger partial charge in [0.25, 0.3) is 0 Å². The highest BCUT2D eigenvalue weighted by atomic mass is 35.5. The van der Waals surface area contributed by atoms with Crippen molar-refractivity contribution in [1.29, 1.82) is 0 Å². The Morgan fingerprint density at radius 1 is 0.941 bits per heavy atom. The van der Waals surface area contributed by atoms with Crippen molar-refractivity contribution in [3.05, 3.63) is 46.0 Å². The summed E-state index contributed by atoms with van der Waals surface area (Å²) in [5, 5.41) is 14.2. The topological polar surface area (TPSA) is 92.7 Å². The van der Waals surface area contributed by atoms with E-state index in [2.05, 4.69) is 65.9 Å². The van der Waals surface area contributed by atoms with E-state index in [4.69, 9.17) is 16.3 Å². The first-order valence-corrected chi connectivity index (χ1v) is 20.3. The molecule has 0 unspecified atom stereocenters. The van der Waals surface area contributed by atoms with Gasteiger partial charge in [0.2, 0.25) is 0 Å². The number of hydrogen-bond donors (Lipinski definition) is 2. The molecule has 6 nitrogen and oxygen atoms in total. The van der Waals surface area contributed by atoms with Gasteiger partial charge >= 0.3 is 11.9 Å². The Morgan fingerprint density at radius 2 is 1.63 bits per heavy atom. The Kier molecular flexibility index (Phi) is 10.0. The predicted octanol–water partition coefficient (Wildman–Crippen LogP) is 9.87. The molecule has 2 N–H and O–H groups in total. The van der Waals surface area contributed by atoms with Crippen LogP contribution >= 0.6 is 11.6 Å². The first-order chi connectivity index (χ1) is 23.7. The quantitative estimate of drug-likeness (QED) is 0.185. The number of esters is 1. The SMILES string of the molecule is CC(C)C1=C2[C@H]3CC[C@@H]4[C@@]5(C)CC[C@H](OC(=O)CC(C)(C)C(=O)O)C(C)(C)[C@@H]5CC[C@@]4(C)[C@]3(C)CC[C@@]2(CNCCc2ccc(Cl)cc2)CC1=O. The smallest absolute Gasteiger partial charge is 0.309 e. The van der Waals surface area contributed by atoms with Gasteiger partial charge in [0, 0.05) is 28.8 Å². The van der Waals surface area contributed by atoms with Gasteiger partial charge in [-0.2, -0.15) is 0 Å². The highest BCUT2D eigenvalue weighted by Crippen LogP contribution is 2.76. The van der Waals surface area contributed by atoms with E-state index in [1.807, 2.05) is 12.1 Å². The van der Waals surface area contributed by atoms with Gasteiger partial charge < -0.3 is 15.2 Å². The summed E-state index contributed by atoms with van der Waals surface area (Å²) in [4.78, 5) is 38.8. The molecule has 0 aromatic heterocycles. The molecule has 1 aromatic carbocycles. The standard InChI is InChI=1S/C44H64ClNO5/c1-27(2)36-31(47)24-44(26-46-23-18-28-10-12-29(45)13-11-28)22-21-42(8)30(37(36)44)14-15-33-41(7)19-17-34(51-35(48)25-39(3,4)38(49)50)40(5,6)32(41)16-20-43(33,42)9/h10-13,27,30,32-34,46H,14-26H2,1-9H3,(H,49,50)/t30-,32+,33-,34+,41+,42-,43-,44+/m1/s1. The second kappa shape index (κ2) is 13.3. The van der Waals surface area contributed by atoms with Crippen LogP contribution in [-0.2, 0) is 25.5 Å². The summed E-state index contributed by atoms with van der Waals surface area (Å²) in [6.45, 7) is 21.7. The van der Waals surface area contributed by atoms with Gasteiger partial charge in [-0.3, -0.25) is 14.4 Å². The van der Waals surface area contributed by atoms with E-state index < -0.39 is 17.4 Å². The molecule has 5 aliphatic carbocycles. The maximum atomic E-state index is 14.0. The van der Waals surface area contributed by atoms with E-state index >= 15 is 0 Å². The fraction of sp³-hybridized carbons (Fsp3) is 0.750. The van der Waals surface area contributed by atoms with Crippen LogP contribution < -0.4 is 5.32 Å². The van der Waals surface area contributed by atoms with Crippen LogP contribution in [0.2, 0.25) is 5.02 Å². The number of benzene rings is 1. The molecule has 4 fully saturated rings. The number of hydrogen-bond acceptors (Lipinski definition) is 5. The lowest BCUT2D eigenvalue weighted by Crippen LogP contribution is -2.66. The molecular weight excluding hydrogens is 658 g/mol. The highest BCUT2D eigenvalue weighted by Gasteiger charge is 2.70. The minimum absolute atomic E-state index is 0.0930. The maximum Gasteiger partial charge on any atom is 0.309 e. The molecule has 51 heavy (non-hydrogen) atoms. The summed E-state index contributed by atoms with van der Waals surface area (Å²) in [6, 6.07) is 8.13. The monoisotopic (exact) mass is 721 g/mol. The van der Waals surface area contributed by atoms with E-state index in [1.54, 1.807) is 13.8 Å².